The van der Waals surface area contributed by atoms with Crippen LogP contribution in [0.25, 0.3) is 0 Å². The minimum Gasteiger partial charge on any atom is -0.478 e. The number of benzene rings is 1. The molecule has 2 aromatic rings. The Morgan fingerprint density at radius 2 is 2.19 bits per heavy atom. The van der Waals surface area contributed by atoms with E-state index in [1.54, 1.807) is 6.07 Å². The number of ether oxygens (including phenoxy) is 1. The summed E-state index contributed by atoms with van der Waals surface area (Å²) in [4.78, 5) is 28.8. The summed E-state index contributed by atoms with van der Waals surface area (Å²) in [6, 6.07) is 4.17. The van der Waals surface area contributed by atoms with Crippen LogP contribution in [-0.2, 0) is 0 Å². The number of nitro benzene ring substituents is 1. The zero-order valence-electron chi connectivity index (χ0n) is 10.6. The first-order valence-electron chi connectivity index (χ1n) is 5.58. The Hall–Kier alpha value is -2.55. The fourth-order valence-electron chi connectivity index (χ4n) is 1.54. The van der Waals surface area contributed by atoms with E-state index < -0.39 is 10.9 Å². The number of aromatic nitrogens is 2. The van der Waals surface area contributed by atoms with Crippen molar-refractivity contribution >= 4 is 27.6 Å². The molecule has 0 amide bonds. The van der Waals surface area contributed by atoms with Crippen molar-refractivity contribution in [1.82, 2.24) is 9.97 Å². The van der Waals surface area contributed by atoms with Gasteiger partial charge in [-0.1, -0.05) is 6.07 Å². The number of hydrogen-bond donors (Lipinski definition) is 1. The van der Waals surface area contributed by atoms with E-state index in [2.05, 4.69) is 25.9 Å². The zero-order valence-corrected chi connectivity index (χ0v) is 12.2. The average Bonchev–Trinajstić information content (AvgIpc) is 2.40. The second-order valence-electron chi connectivity index (χ2n) is 3.90. The maximum Gasteiger partial charge on any atom is 0.339 e. The maximum atomic E-state index is 11.0. The molecule has 108 valence electrons. The highest BCUT2D eigenvalue weighted by atomic mass is 79.9. The molecule has 0 aliphatic heterocycles. The SMILES string of the molecule is Cc1nc(Oc2c(Br)cccc2[N+](=O)[O-])ncc1C(=O)O. The lowest BCUT2D eigenvalue weighted by Crippen LogP contribution is -2.05. The van der Waals surface area contributed by atoms with Gasteiger partial charge >= 0.3 is 17.7 Å². The fourth-order valence-corrected chi connectivity index (χ4v) is 1.98. The molecule has 0 unspecified atom stereocenters. The van der Waals surface area contributed by atoms with E-state index in [1.807, 2.05) is 0 Å². The standard InChI is InChI=1S/C12H8BrN3O5/c1-6-7(11(17)18)5-14-12(15-6)21-10-8(13)3-2-4-9(10)16(19)20/h2-5H,1H3,(H,17,18). The summed E-state index contributed by atoms with van der Waals surface area (Å²) in [5.74, 6) is -1.21. The normalized spacial score (nSPS) is 10.2. The van der Waals surface area contributed by atoms with Crippen molar-refractivity contribution in [3.8, 4) is 11.8 Å². The Labute approximate surface area is 126 Å². The molecule has 2 rings (SSSR count). The van der Waals surface area contributed by atoms with E-state index in [0.717, 1.165) is 6.20 Å². The molecule has 0 atom stereocenters. The van der Waals surface area contributed by atoms with Gasteiger partial charge in [0.25, 0.3) is 0 Å². The second-order valence-corrected chi connectivity index (χ2v) is 4.76. The van der Waals surface area contributed by atoms with Crippen molar-refractivity contribution in [2.45, 2.75) is 6.92 Å². The lowest BCUT2D eigenvalue weighted by atomic mass is 10.2. The van der Waals surface area contributed by atoms with Crippen molar-refractivity contribution in [1.29, 1.82) is 0 Å². The molecule has 8 nitrogen and oxygen atoms in total. The van der Waals surface area contributed by atoms with Crippen molar-refractivity contribution in [3.63, 3.8) is 0 Å². The van der Waals surface area contributed by atoms with Gasteiger partial charge in [-0.05, 0) is 28.9 Å². The number of nitrogens with zero attached hydrogens (tertiary/aromatic N) is 3. The first kappa shape index (κ1) is 14.9. The summed E-state index contributed by atoms with van der Waals surface area (Å²) in [7, 11) is 0. The Morgan fingerprint density at radius 3 is 2.76 bits per heavy atom. The Balaban J connectivity index is 2.41. The molecule has 0 fully saturated rings. The van der Waals surface area contributed by atoms with Gasteiger partial charge in [0, 0.05) is 12.3 Å². The first-order valence-corrected chi connectivity index (χ1v) is 6.37. The second kappa shape index (κ2) is 5.83. The van der Waals surface area contributed by atoms with E-state index in [4.69, 9.17) is 9.84 Å². The quantitative estimate of drug-likeness (QED) is 0.663. The minimum atomic E-state index is -1.16. The summed E-state index contributed by atoms with van der Waals surface area (Å²) in [5.41, 5.74) is -0.126. The van der Waals surface area contributed by atoms with Gasteiger partial charge in [-0.2, -0.15) is 4.98 Å². The van der Waals surface area contributed by atoms with Crippen LogP contribution < -0.4 is 4.74 Å². The predicted molar refractivity (Wildman–Crippen MR) is 74.6 cm³/mol. The molecule has 0 saturated heterocycles. The summed E-state index contributed by atoms with van der Waals surface area (Å²) in [6.45, 7) is 1.48. The molecule has 0 aliphatic carbocycles. The van der Waals surface area contributed by atoms with Gasteiger partial charge in [0.2, 0.25) is 5.75 Å². The van der Waals surface area contributed by atoms with Crippen molar-refractivity contribution in [2.24, 2.45) is 0 Å². The van der Waals surface area contributed by atoms with Gasteiger partial charge in [0.1, 0.15) is 0 Å². The van der Waals surface area contributed by atoms with Crippen LogP contribution in [0.5, 0.6) is 11.8 Å². The predicted octanol–water partition coefficient (Wildman–Crippen LogP) is 2.95. The van der Waals surface area contributed by atoms with Crippen LogP contribution in [0.1, 0.15) is 16.1 Å². The third kappa shape index (κ3) is 3.14. The van der Waals surface area contributed by atoms with Crippen molar-refractivity contribution < 1.29 is 19.6 Å². The van der Waals surface area contributed by atoms with Crippen LogP contribution >= 0.6 is 15.9 Å². The molecule has 0 spiro atoms. The zero-order chi connectivity index (χ0) is 15.6. The van der Waals surface area contributed by atoms with Gasteiger partial charge in [-0.3, -0.25) is 10.1 Å². The van der Waals surface area contributed by atoms with E-state index in [1.165, 1.54) is 19.1 Å². The number of hydrogen-bond acceptors (Lipinski definition) is 6. The maximum absolute atomic E-state index is 11.0. The molecular formula is C12H8BrN3O5. The van der Waals surface area contributed by atoms with Crippen LogP contribution in [-0.4, -0.2) is 26.0 Å². The Bertz CT molecular complexity index is 735. The van der Waals surface area contributed by atoms with E-state index in [-0.39, 0.29) is 28.7 Å². The number of carbonyl (C=O) groups is 1. The average molecular weight is 354 g/mol. The van der Waals surface area contributed by atoms with Crippen LogP contribution in [0.4, 0.5) is 5.69 Å². The highest BCUT2D eigenvalue weighted by Crippen LogP contribution is 2.36. The lowest BCUT2D eigenvalue weighted by Gasteiger charge is -2.07. The number of aryl methyl sites for hydroxylation is 1. The Morgan fingerprint density at radius 1 is 1.48 bits per heavy atom. The molecule has 1 N–H and O–H groups in total. The number of rotatable bonds is 4. The van der Waals surface area contributed by atoms with E-state index >= 15 is 0 Å². The van der Waals surface area contributed by atoms with Crippen LogP contribution in [0.15, 0.2) is 28.9 Å². The first-order chi connectivity index (χ1) is 9.90. The van der Waals surface area contributed by atoms with Gasteiger partial charge in [-0.15, -0.1) is 0 Å². The number of para-hydroxylation sites is 1. The number of halogens is 1. The van der Waals surface area contributed by atoms with Crippen LogP contribution in [0, 0.1) is 17.0 Å². The van der Waals surface area contributed by atoms with Gasteiger partial charge in [0.05, 0.1) is 20.7 Å². The highest BCUT2D eigenvalue weighted by molar-refractivity contribution is 9.10. The van der Waals surface area contributed by atoms with Crippen LogP contribution in [0.3, 0.4) is 0 Å². The van der Waals surface area contributed by atoms with Crippen LogP contribution in [0.2, 0.25) is 0 Å². The molecule has 1 heterocycles. The molecule has 1 aromatic carbocycles. The monoisotopic (exact) mass is 353 g/mol. The lowest BCUT2D eigenvalue weighted by molar-refractivity contribution is -0.385. The topological polar surface area (TPSA) is 115 Å². The highest BCUT2D eigenvalue weighted by Gasteiger charge is 2.20. The third-order valence-electron chi connectivity index (χ3n) is 2.52. The summed E-state index contributed by atoms with van der Waals surface area (Å²) in [6.07, 6.45) is 1.09. The molecular weight excluding hydrogens is 346 g/mol. The number of nitro groups is 1. The minimum absolute atomic E-state index is 0.0509. The third-order valence-corrected chi connectivity index (χ3v) is 3.15. The van der Waals surface area contributed by atoms with Gasteiger partial charge in [-0.25, -0.2) is 9.78 Å². The van der Waals surface area contributed by atoms with E-state index in [9.17, 15) is 14.9 Å². The Kier molecular flexibility index (Phi) is 4.13. The van der Waals surface area contributed by atoms with Crippen molar-refractivity contribution in [3.05, 3.63) is 50.2 Å². The largest absolute Gasteiger partial charge is 0.478 e. The fraction of sp³-hybridized carbons (Fsp3) is 0.0833. The summed E-state index contributed by atoms with van der Waals surface area (Å²) >= 11 is 3.15. The van der Waals surface area contributed by atoms with Gasteiger partial charge < -0.3 is 9.84 Å². The molecule has 0 saturated carbocycles. The molecule has 0 aliphatic rings. The molecule has 0 radical (unpaired) electrons. The number of carboxylic acids is 1. The molecule has 1 aromatic heterocycles. The molecule has 21 heavy (non-hydrogen) atoms. The number of aromatic carboxylic acids is 1. The summed E-state index contributed by atoms with van der Waals surface area (Å²) < 4.78 is 5.67. The number of carboxylic acid groups (broad SMARTS) is 1. The van der Waals surface area contributed by atoms with Crippen molar-refractivity contribution in [2.75, 3.05) is 0 Å². The van der Waals surface area contributed by atoms with Gasteiger partial charge in [0.15, 0.2) is 0 Å². The molecule has 0 bridgehead atoms. The van der Waals surface area contributed by atoms with E-state index in [0.29, 0.717) is 4.47 Å². The molecule has 9 heteroatoms. The summed E-state index contributed by atoms with van der Waals surface area (Å²) in [5, 5.41) is 19.9. The smallest absolute Gasteiger partial charge is 0.339 e.